The lowest BCUT2D eigenvalue weighted by atomic mass is 10.2. The summed E-state index contributed by atoms with van der Waals surface area (Å²) in [6.07, 6.45) is 3.93. The molecular formula is C15H3N9. The zero-order chi connectivity index (χ0) is 16.7. The summed E-state index contributed by atoms with van der Waals surface area (Å²) in [6.45, 7) is 0. The largest absolute Gasteiger partial charge is 0.249 e. The molecule has 3 heterocycles. The first-order valence-electron chi connectivity index (χ1n) is 6.57. The molecule has 9 heteroatoms. The predicted molar refractivity (Wildman–Crippen MR) is 79.9 cm³/mol. The first kappa shape index (κ1) is 13.4. The van der Waals surface area contributed by atoms with Crippen molar-refractivity contribution in [3.8, 4) is 18.2 Å². The molecule has 4 aromatic rings. The Balaban J connectivity index is 2.33. The van der Waals surface area contributed by atoms with Gasteiger partial charge in [-0.2, -0.15) is 15.8 Å². The molecule has 0 aliphatic carbocycles. The van der Waals surface area contributed by atoms with Crippen LogP contribution in [0.3, 0.4) is 0 Å². The van der Waals surface area contributed by atoms with Gasteiger partial charge in [0.2, 0.25) is 0 Å². The average Bonchev–Trinajstić information content (AvgIpc) is 2.66. The SMILES string of the molecule is N#Cc1cnc2c(n1)c1ncc(C#N)nc1c1ncc(C#N)nc21. The third-order valence-electron chi connectivity index (χ3n) is 3.33. The lowest BCUT2D eigenvalue weighted by Crippen LogP contribution is -1.99. The number of benzene rings is 1. The summed E-state index contributed by atoms with van der Waals surface area (Å²) >= 11 is 0. The van der Waals surface area contributed by atoms with Crippen molar-refractivity contribution in [2.75, 3.05) is 0 Å². The maximum atomic E-state index is 9.04. The Labute approximate surface area is 133 Å². The fraction of sp³-hybridized carbons (Fsp3) is 0. The molecule has 0 bridgehead atoms. The van der Waals surface area contributed by atoms with E-state index >= 15 is 0 Å². The number of aromatic nitrogens is 6. The van der Waals surface area contributed by atoms with E-state index in [1.807, 2.05) is 18.2 Å². The first-order valence-corrected chi connectivity index (χ1v) is 6.57. The molecule has 0 atom stereocenters. The molecule has 0 aliphatic rings. The molecule has 0 N–H and O–H groups in total. The topological polar surface area (TPSA) is 149 Å². The molecule has 9 nitrogen and oxygen atoms in total. The maximum Gasteiger partial charge on any atom is 0.159 e. The maximum absolute atomic E-state index is 9.04. The van der Waals surface area contributed by atoms with Gasteiger partial charge in [-0.25, -0.2) is 29.9 Å². The highest BCUT2D eigenvalue weighted by Crippen LogP contribution is 2.28. The van der Waals surface area contributed by atoms with E-state index in [1.54, 1.807) is 0 Å². The smallest absolute Gasteiger partial charge is 0.159 e. The molecular weight excluding hydrogens is 306 g/mol. The van der Waals surface area contributed by atoms with Crippen LogP contribution in [-0.4, -0.2) is 29.9 Å². The van der Waals surface area contributed by atoms with E-state index in [9.17, 15) is 0 Å². The van der Waals surface area contributed by atoms with Gasteiger partial charge in [0.1, 0.15) is 51.3 Å². The molecule has 0 radical (unpaired) electrons. The van der Waals surface area contributed by atoms with E-state index in [0.29, 0.717) is 33.1 Å². The highest BCUT2D eigenvalue weighted by Gasteiger charge is 2.17. The molecule has 0 spiro atoms. The Morgan fingerprint density at radius 2 is 0.792 bits per heavy atom. The van der Waals surface area contributed by atoms with Crippen molar-refractivity contribution in [2.24, 2.45) is 0 Å². The molecule has 0 unspecified atom stereocenters. The number of fused-ring (bicyclic) bond motifs is 6. The monoisotopic (exact) mass is 309 g/mol. The van der Waals surface area contributed by atoms with E-state index in [2.05, 4.69) is 29.9 Å². The minimum absolute atomic E-state index is 0.110. The van der Waals surface area contributed by atoms with Crippen molar-refractivity contribution < 1.29 is 0 Å². The summed E-state index contributed by atoms with van der Waals surface area (Å²) in [7, 11) is 0. The summed E-state index contributed by atoms with van der Waals surface area (Å²) in [5.41, 5.74) is 2.37. The van der Waals surface area contributed by atoms with Crippen LogP contribution in [0.1, 0.15) is 17.1 Å². The quantitative estimate of drug-likeness (QED) is 0.435. The van der Waals surface area contributed by atoms with E-state index in [1.165, 1.54) is 18.6 Å². The number of rotatable bonds is 0. The van der Waals surface area contributed by atoms with Crippen LogP contribution in [0.4, 0.5) is 0 Å². The van der Waals surface area contributed by atoms with Crippen LogP contribution >= 0.6 is 0 Å². The average molecular weight is 309 g/mol. The van der Waals surface area contributed by atoms with Crippen molar-refractivity contribution in [3.05, 3.63) is 35.7 Å². The van der Waals surface area contributed by atoms with Crippen molar-refractivity contribution in [2.45, 2.75) is 0 Å². The summed E-state index contributed by atoms with van der Waals surface area (Å²) in [5.74, 6) is 0. The van der Waals surface area contributed by atoms with E-state index < -0.39 is 0 Å². The normalized spacial score (nSPS) is 10.4. The summed E-state index contributed by atoms with van der Waals surface area (Å²) in [6, 6.07) is 5.74. The Morgan fingerprint density at radius 3 is 1.04 bits per heavy atom. The molecule has 0 amide bonds. The molecule has 0 fully saturated rings. The zero-order valence-corrected chi connectivity index (χ0v) is 11.8. The molecule has 4 rings (SSSR count). The van der Waals surface area contributed by atoms with Gasteiger partial charge in [-0.1, -0.05) is 0 Å². The van der Waals surface area contributed by atoms with Gasteiger partial charge in [-0.05, 0) is 0 Å². The summed E-state index contributed by atoms with van der Waals surface area (Å²) in [5, 5.41) is 27.1. The van der Waals surface area contributed by atoms with Crippen molar-refractivity contribution >= 4 is 33.1 Å². The first-order chi connectivity index (χ1) is 11.7. The molecule has 3 aromatic heterocycles. The Morgan fingerprint density at radius 1 is 0.500 bits per heavy atom. The molecule has 24 heavy (non-hydrogen) atoms. The predicted octanol–water partition coefficient (Wildman–Crippen LogP) is 1.13. The molecule has 1 aromatic carbocycles. The fourth-order valence-electron chi connectivity index (χ4n) is 2.34. The second kappa shape index (κ2) is 4.87. The van der Waals surface area contributed by atoms with Gasteiger partial charge in [0.25, 0.3) is 0 Å². The molecule has 0 saturated carbocycles. The van der Waals surface area contributed by atoms with Gasteiger partial charge >= 0.3 is 0 Å². The lowest BCUT2D eigenvalue weighted by Gasteiger charge is -2.06. The van der Waals surface area contributed by atoms with Crippen LogP contribution in [-0.2, 0) is 0 Å². The van der Waals surface area contributed by atoms with Crippen molar-refractivity contribution in [3.63, 3.8) is 0 Å². The highest BCUT2D eigenvalue weighted by molar-refractivity contribution is 6.17. The minimum atomic E-state index is 0.110. The van der Waals surface area contributed by atoms with Gasteiger partial charge < -0.3 is 0 Å². The van der Waals surface area contributed by atoms with Gasteiger partial charge in [0.15, 0.2) is 17.1 Å². The third-order valence-corrected chi connectivity index (χ3v) is 3.33. The van der Waals surface area contributed by atoms with E-state index in [-0.39, 0.29) is 17.1 Å². The fourth-order valence-corrected chi connectivity index (χ4v) is 2.34. The Kier molecular flexibility index (Phi) is 2.72. The number of hydrogen-bond donors (Lipinski definition) is 0. The minimum Gasteiger partial charge on any atom is -0.249 e. The second-order valence-corrected chi connectivity index (χ2v) is 4.69. The van der Waals surface area contributed by atoms with Gasteiger partial charge in [0.05, 0.1) is 18.6 Å². The number of nitrogens with zero attached hydrogens (tertiary/aromatic N) is 9. The van der Waals surface area contributed by atoms with Gasteiger partial charge in [-0.15, -0.1) is 0 Å². The van der Waals surface area contributed by atoms with Crippen molar-refractivity contribution in [1.29, 1.82) is 15.8 Å². The van der Waals surface area contributed by atoms with Crippen LogP contribution in [0.5, 0.6) is 0 Å². The zero-order valence-electron chi connectivity index (χ0n) is 11.8. The number of nitriles is 3. The summed E-state index contributed by atoms with van der Waals surface area (Å²) in [4.78, 5) is 25.3. The number of hydrogen-bond acceptors (Lipinski definition) is 9. The Hall–Kier alpha value is -4.29. The Bertz CT molecular complexity index is 1100. The van der Waals surface area contributed by atoms with Crippen LogP contribution in [0.15, 0.2) is 18.6 Å². The lowest BCUT2D eigenvalue weighted by molar-refractivity contribution is 1.19. The van der Waals surface area contributed by atoms with E-state index in [0.717, 1.165) is 0 Å². The second-order valence-electron chi connectivity index (χ2n) is 4.69. The van der Waals surface area contributed by atoms with Gasteiger partial charge in [0, 0.05) is 0 Å². The van der Waals surface area contributed by atoms with Crippen LogP contribution in [0.2, 0.25) is 0 Å². The summed E-state index contributed by atoms with van der Waals surface area (Å²) < 4.78 is 0. The van der Waals surface area contributed by atoms with E-state index in [4.69, 9.17) is 15.8 Å². The van der Waals surface area contributed by atoms with Crippen LogP contribution in [0, 0.1) is 34.0 Å². The molecule has 0 aliphatic heterocycles. The van der Waals surface area contributed by atoms with Crippen LogP contribution in [0.25, 0.3) is 33.1 Å². The standard InChI is InChI=1S/C15H3N9/c16-1-7-4-19-10-13(22-7)11-15(24-8(2-17)5-20-11)12-14(10)23-9(3-18)6-21-12/h4-6H. The highest BCUT2D eigenvalue weighted by atomic mass is 14.9. The third kappa shape index (κ3) is 1.78. The van der Waals surface area contributed by atoms with Crippen molar-refractivity contribution in [1.82, 2.24) is 29.9 Å². The van der Waals surface area contributed by atoms with Crippen LogP contribution < -0.4 is 0 Å². The van der Waals surface area contributed by atoms with Gasteiger partial charge in [-0.3, -0.25) is 0 Å². The molecule has 108 valence electrons. The molecule has 0 saturated heterocycles.